The predicted octanol–water partition coefficient (Wildman–Crippen LogP) is 2.21. The average Bonchev–Trinajstić information content (AvgIpc) is 2.48. The van der Waals surface area contributed by atoms with E-state index in [-0.39, 0.29) is 5.69 Å². The molecule has 0 amide bonds. The molecule has 0 unspecified atom stereocenters. The van der Waals surface area contributed by atoms with Crippen LogP contribution in [0.5, 0.6) is 5.75 Å². The van der Waals surface area contributed by atoms with E-state index in [1.807, 2.05) is 31.2 Å². The van der Waals surface area contributed by atoms with Crippen LogP contribution >= 0.6 is 0 Å². The number of aromatic nitrogens is 2. The summed E-state index contributed by atoms with van der Waals surface area (Å²) < 4.78 is 5.10. The summed E-state index contributed by atoms with van der Waals surface area (Å²) in [4.78, 5) is 19.5. The fourth-order valence-electron chi connectivity index (χ4n) is 1.88. The third kappa shape index (κ3) is 3.92. The second-order valence-electron chi connectivity index (χ2n) is 4.41. The molecule has 0 saturated heterocycles. The zero-order valence-electron chi connectivity index (χ0n) is 12.0. The van der Waals surface area contributed by atoms with Crippen LogP contribution in [0, 0.1) is 0 Å². The van der Waals surface area contributed by atoms with Gasteiger partial charge in [-0.25, -0.2) is 14.8 Å². The summed E-state index contributed by atoms with van der Waals surface area (Å²) in [5, 5.41) is 12.1. The van der Waals surface area contributed by atoms with E-state index in [2.05, 4.69) is 15.3 Å². The van der Waals surface area contributed by atoms with Crippen LogP contribution in [-0.2, 0) is 6.42 Å². The zero-order valence-corrected chi connectivity index (χ0v) is 12.0. The lowest BCUT2D eigenvalue weighted by Gasteiger charge is -2.07. The molecule has 1 aromatic heterocycles. The molecule has 0 aliphatic heterocycles. The molecule has 0 aliphatic rings. The summed E-state index contributed by atoms with van der Waals surface area (Å²) in [5.41, 5.74) is 0.977. The van der Waals surface area contributed by atoms with E-state index >= 15 is 0 Å². The van der Waals surface area contributed by atoms with Crippen molar-refractivity contribution in [3.63, 3.8) is 0 Å². The molecule has 110 valence electrons. The van der Waals surface area contributed by atoms with Gasteiger partial charge < -0.3 is 15.2 Å². The molecule has 2 rings (SSSR count). The first kappa shape index (κ1) is 14.8. The second-order valence-corrected chi connectivity index (χ2v) is 4.41. The molecule has 1 aromatic carbocycles. The van der Waals surface area contributed by atoms with Crippen molar-refractivity contribution in [3.8, 4) is 5.75 Å². The molecule has 0 fully saturated rings. The minimum Gasteiger partial charge on any atom is -0.497 e. The Balaban J connectivity index is 2.26. The van der Waals surface area contributed by atoms with Gasteiger partial charge in [-0.2, -0.15) is 0 Å². The number of carboxylic acid groups (broad SMARTS) is 1. The average molecular weight is 287 g/mol. The first-order valence-electron chi connectivity index (χ1n) is 6.60. The first-order valence-corrected chi connectivity index (χ1v) is 6.60. The molecule has 0 radical (unpaired) electrons. The second kappa shape index (κ2) is 6.69. The lowest BCUT2D eigenvalue weighted by atomic mass is 10.1. The van der Waals surface area contributed by atoms with Gasteiger partial charge in [-0.1, -0.05) is 12.1 Å². The number of rotatable bonds is 6. The summed E-state index contributed by atoms with van der Waals surface area (Å²) in [7, 11) is 1.61. The Morgan fingerprint density at radius 1 is 1.29 bits per heavy atom. The fourth-order valence-corrected chi connectivity index (χ4v) is 1.88. The van der Waals surface area contributed by atoms with Gasteiger partial charge in [0.25, 0.3) is 0 Å². The SMILES string of the molecule is CCNc1cc(C(=O)O)nc(Cc2ccc(OC)cc2)n1. The highest BCUT2D eigenvalue weighted by atomic mass is 16.5. The van der Waals surface area contributed by atoms with Crippen LogP contribution in [0.1, 0.15) is 28.8 Å². The van der Waals surface area contributed by atoms with Crippen LogP contribution in [-0.4, -0.2) is 34.7 Å². The quantitative estimate of drug-likeness (QED) is 0.847. The van der Waals surface area contributed by atoms with Crippen LogP contribution in [0.2, 0.25) is 0 Å². The molecule has 0 atom stereocenters. The van der Waals surface area contributed by atoms with Crippen molar-refractivity contribution in [2.75, 3.05) is 19.0 Å². The van der Waals surface area contributed by atoms with Gasteiger partial charge in [0.15, 0.2) is 5.69 Å². The fraction of sp³-hybridized carbons (Fsp3) is 0.267. The van der Waals surface area contributed by atoms with Crippen LogP contribution in [0.3, 0.4) is 0 Å². The number of hydrogen-bond donors (Lipinski definition) is 2. The molecule has 2 N–H and O–H groups in total. The van der Waals surface area contributed by atoms with E-state index in [1.54, 1.807) is 7.11 Å². The van der Waals surface area contributed by atoms with Gasteiger partial charge in [0.05, 0.1) is 7.11 Å². The number of carbonyl (C=O) groups is 1. The lowest BCUT2D eigenvalue weighted by molar-refractivity contribution is 0.0690. The largest absolute Gasteiger partial charge is 0.497 e. The zero-order chi connectivity index (χ0) is 15.2. The van der Waals surface area contributed by atoms with Crippen molar-refractivity contribution in [2.45, 2.75) is 13.3 Å². The van der Waals surface area contributed by atoms with E-state index in [1.165, 1.54) is 6.07 Å². The maximum atomic E-state index is 11.1. The monoisotopic (exact) mass is 287 g/mol. The molecule has 1 heterocycles. The Bertz CT molecular complexity index is 627. The molecule has 0 spiro atoms. The molecule has 6 heteroatoms. The number of nitrogens with one attached hydrogen (secondary N) is 1. The molecular formula is C15H17N3O3. The van der Waals surface area contributed by atoms with E-state index < -0.39 is 5.97 Å². The van der Waals surface area contributed by atoms with Crippen LogP contribution < -0.4 is 10.1 Å². The molecule has 2 aromatic rings. The Labute approximate surface area is 122 Å². The van der Waals surface area contributed by atoms with Gasteiger partial charge >= 0.3 is 5.97 Å². The van der Waals surface area contributed by atoms with E-state index in [4.69, 9.17) is 9.84 Å². The maximum Gasteiger partial charge on any atom is 0.354 e. The smallest absolute Gasteiger partial charge is 0.354 e. The molecular weight excluding hydrogens is 270 g/mol. The highest BCUT2D eigenvalue weighted by molar-refractivity contribution is 5.86. The third-order valence-corrected chi connectivity index (χ3v) is 2.87. The number of hydrogen-bond acceptors (Lipinski definition) is 5. The minimum atomic E-state index is -1.06. The Kier molecular flexibility index (Phi) is 4.71. The maximum absolute atomic E-state index is 11.1. The van der Waals surface area contributed by atoms with Crippen molar-refractivity contribution in [3.05, 3.63) is 47.4 Å². The highest BCUT2D eigenvalue weighted by Crippen LogP contribution is 2.15. The van der Waals surface area contributed by atoms with Crippen molar-refractivity contribution >= 4 is 11.8 Å². The van der Waals surface area contributed by atoms with Gasteiger partial charge in [-0.05, 0) is 24.6 Å². The third-order valence-electron chi connectivity index (χ3n) is 2.87. The number of methoxy groups -OCH3 is 1. The minimum absolute atomic E-state index is 0.00976. The Morgan fingerprint density at radius 2 is 2.00 bits per heavy atom. The van der Waals surface area contributed by atoms with Crippen molar-refractivity contribution < 1.29 is 14.6 Å². The van der Waals surface area contributed by atoms with Crippen molar-refractivity contribution in [2.24, 2.45) is 0 Å². The predicted molar refractivity (Wildman–Crippen MR) is 79.0 cm³/mol. The summed E-state index contributed by atoms with van der Waals surface area (Å²) >= 11 is 0. The Morgan fingerprint density at radius 3 is 2.57 bits per heavy atom. The summed E-state index contributed by atoms with van der Waals surface area (Å²) in [6.45, 7) is 2.59. The summed E-state index contributed by atoms with van der Waals surface area (Å²) in [6.07, 6.45) is 0.462. The van der Waals surface area contributed by atoms with E-state index in [0.29, 0.717) is 24.6 Å². The molecule has 0 aliphatic carbocycles. The number of carboxylic acids is 1. The van der Waals surface area contributed by atoms with Crippen LogP contribution in [0.15, 0.2) is 30.3 Å². The molecule has 0 saturated carbocycles. The summed E-state index contributed by atoms with van der Waals surface area (Å²) in [5.74, 6) is 0.698. The number of anilines is 1. The van der Waals surface area contributed by atoms with Gasteiger partial charge in [-0.3, -0.25) is 0 Å². The van der Waals surface area contributed by atoms with Gasteiger partial charge in [-0.15, -0.1) is 0 Å². The van der Waals surface area contributed by atoms with E-state index in [9.17, 15) is 4.79 Å². The van der Waals surface area contributed by atoms with Crippen LogP contribution in [0.4, 0.5) is 5.82 Å². The topological polar surface area (TPSA) is 84.3 Å². The number of benzene rings is 1. The van der Waals surface area contributed by atoms with E-state index in [0.717, 1.165) is 11.3 Å². The lowest BCUT2D eigenvalue weighted by Crippen LogP contribution is -2.10. The standard InChI is InChI=1S/C15H17N3O3/c1-3-16-13-9-12(15(19)20)17-14(18-13)8-10-4-6-11(21-2)7-5-10/h4-7,9H,3,8H2,1-2H3,(H,19,20)(H,16,17,18). The van der Waals surface area contributed by atoms with Gasteiger partial charge in [0.1, 0.15) is 17.4 Å². The van der Waals surface area contributed by atoms with Crippen molar-refractivity contribution in [1.82, 2.24) is 9.97 Å². The normalized spacial score (nSPS) is 10.2. The Hall–Kier alpha value is -2.63. The number of nitrogens with zero attached hydrogens (tertiary/aromatic N) is 2. The van der Waals surface area contributed by atoms with Gasteiger partial charge in [0.2, 0.25) is 0 Å². The molecule has 6 nitrogen and oxygen atoms in total. The number of aromatic carboxylic acids is 1. The van der Waals surface area contributed by atoms with Crippen molar-refractivity contribution in [1.29, 1.82) is 0 Å². The van der Waals surface area contributed by atoms with Crippen LogP contribution in [0.25, 0.3) is 0 Å². The summed E-state index contributed by atoms with van der Waals surface area (Å²) in [6, 6.07) is 8.94. The molecule has 0 bridgehead atoms. The highest BCUT2D eigenvalue weighted by Gasteiger charge is 2.10. The molecule has 21 heavy (non-hydrogen) atoms. The van der Waals surface area contributed by atoms with Gasteiger partial charge in [0, 0.05) is 19.0 Å². The number of ether oxygens (including phenoxy) is 1. The first-order chi connectivity index (χ1) is 10.1.